The molecule has 0 aromatic heterocycles. The maximum absolute atomic E-state index is 13.1. The van der Waals surface area contributed by atoms with Gasteiger partial charge in [-0.05, 0) is 18.7 Å². The second-order valence-electron chi connectivity index (χ2n) is 3.28. The average Bonchev–Trinajstić information content (AvgIpc) is 2.24. The number of hydrogen-bond acceptors (Lipinski definition) is 2. The number of rotatable bonds is 5. The van der Waals surface area contributed by atoms with Crippen LogP contribution in [0.15, 0.2) is 18.2 Å². The first kappa shape index (κ1) is 12.6. The quantitative estimate of drug-likeness (QED) is 0.756. The van der Waals surface area contributed by atoms with E-state index in [2.05, 4.69) is 10.6 Å². The highest BCUT2D eigenvalue weighted by Gasteiger charge is 2.07. The molecule has 0 fully saturated rings. The highest BCUT2D eigenvalue weighted by atomic mass is 19.1. The van der Waals surface area contributed by atoms with Gasteiger partial charge in [-0.1, -0.05) is 6.92 Å². The third kappa shape index (κ3) is 3.94. The van der Waals surface area contributed by atoms with Gasteiger partial charge in [0.1, 0.15) is 11.6 Å². The first-order valence-electron chi connectivity index (χ1n) is 5.09. The summed E-state index contributed by atoms with van der Waals surface area (Å²) in [7, 11) is 0. The SMILES string of the molecule is CCNCCC(=O)Nc1cc(F)ccc1F. The molecule has 0 radical (unpaired) electrons. The van der Waals surface area contributed by atoms with Crippen molar-refractivity contribution in [1.82, 2.24) is 5.32 Å². The van der Waals surface area contributed by atoms with Crippen molar-refractivity contribution in [3.8, 4) is 0 Å². The van der Waals surface area contributed by atoms with Gasteiger partial charge in [-0.3, -0.25) is 4.79 Å². The third-order valence-electron chi connectivity index (χ3n) is 1.98. The van der Waals surface area contributed by atoms with E-state index in [-0.39, 0.29) is 18.0 Å². The van der Waals surface area contributed by atoms with Gasteiger partial charge in [0.2, 0.25) is 5.91 Å². The molecule has 0 atom stereocenters. The smallest absolute Gasteiger partial charge is 0.225 e. The van der Waals surface area contributed by atoms with Crippen molar-refractivity contribution in [2.24, 2.45) is 0 Å². The van der Waals surface area contributed by atoms with Crippen molar-refractivity contribution in [2.45, 2.75) is 13.3 Å². The standard InChI is InChI=1S/C11H14F2N2O/c1-2-14-6-5-11(16)15-10-7-8(12)3-4-9(10)13/h3-4,7,14H,2,5-6H2,1H3,(H,15,16). The molecule has 2 N–H and O–H groups in total. The summed E-state index contributed by atoms with van der Waals surface area (Å²) in [6.45, 7) is 3.20. The highest BCUT2D eigenvalue weighted by Crippen LogP contribution is 2.15. The van der Waals surface area contributed by atoms with Crippen LogP contribution in [0, 0.1) is 11.6 Å². The molecular weight excluding hydrogens is 214 g/mol. The summed E-state index contributed by atoms with van der Waals surface area (Å²) in [5, 5.41) is 5.28. The number of halogens is 2. The largest absolute Gasteiger partial charge is 0.323 e. The molecule has 0 saturated heterocycles. The van der Waals surface area contributed by atoms with Gasteiger partial charge in [0.15, 0.2) is 0 Å². The van der Waals surface area contributed by atoms with Gasteiger partial charge in [-0.2, -0.15) is 0 Å². The van der Waals surface area contributed by atoms with E-state index in [1.807, 2.05) is 6.92 Å². The molecule has 88 valence electrons. The van der Waals surface area contributed by atoms with E-state index in [0.717, 1.165) is 24.7 Å². The molecule has 0 saturated carbocycles. The van der Waals surface area contributed by atoms with Crippen molar-refractivity contribution in [3.63, 3.8) is 0 Å². The fraction of sp³-hybridized carbons (Fsp3) is 0.364. The zero-order chi connectivity index (χ0) is 12.0. The van der Waals surface area contributed by atoms with Gasteiger partial charge < -0.3 is 10.6 Å². The maximum Gasteiger partial charge on any atom is 0.225 e. The topological polar surface area (TPSA) is 41.1 Å². The predicted octanol–water partition coefficient (Wildman–Crippen LogP) is 1.90. The Labute approximate surface area is 92.8 Å². The number of carbonyl (C=O) groups excluding carboxylic acids is 1. The Kier molecular flexibility index (Phi) is 4.85. The summed E-state index contributed by atoms with van der Waals surface area (Å²) >= 11 is 0. The van der Waals surface area contributed by atoms with Gasteiger partial charge in [0, 0.05) is 19.0 Å². The molecule has 0 unspecified atom stereocenters. The van der Waals surface area contributed by atoms with Gasteiger partial charge >= 0.3 is 0 Å². The van der Waals surface area contributed by atoms with Gasteiger partial charge in [0.25, 0.3) is 0 Å². The number of amides is 1. The lowest BCUT2D eigenvalue weighted by Crippen LogP contribution is -2.21. The van der Waals surface area contributed by atoms with E-state index >= 15 is 0 Å². The van der Waals surface area contributed by atoms with E-state index in [9.17, 15) is 13.6 Å². The molecule has 0 spiro atoms. The molecule has 1 rings (SSSR count). The highest BCUT2D eigenvalue weighted by molar-refractivity contribution is 5.90. The van der Waals surface area contributed by atoms with E-state index < -0.39 is 11.6 Å². The number of benzene rings is 1. The molecule has 0 aliphatic heterocycles. The predicted molar refractivity (Wildman–Crippen MR) is 58.1 cm³/mol. The molecular formula is C11H14F2N2O. The molecule has 0 heterocycles. The molecule has 0 aliphatic carbocycles. The summed E-state index contributed by atoms with van der Waals surface area (Å²) < 4.78 is 25.9. The van der Waals surface area contributed by atoms with E-state index in [4.69, 9.17) is 0 Å². The molecule has 1 amide bonds. The Bertz CT molecular complexity index is 369. The minimum Gasteiger partial charge on any atom is -0.323 e. The van der Waals surface area contributed by atoms with E-state index in [1.54, 1.807) is 0 Å². The zero-order valence-electron chi connectivity index (χ0n) is 9.02. The van der Waals surface area contributed by atoms with Gasteiger partial charge in [-0.15, -0.1) is 0 Å². The number of hydrogen-bond donors (Lipinski definition) is 2. The van der Waals surface area contributed by atoms with Crippen LogP contribution >= 0.6 is 0 Å². The minimum atomic E-state index is -0.641. The lowest BCUT2D eigenvalue weighted by atomic mass is 10.3. The lowest BCUT2D eigenvalue weighted by molar-refractivity contribution is -0.116. The summed E-state index contributed by atoms with van der Waals surface area (Å²) in [5.41, 5.74) is -0.124. The second-order valence-corrected chi connectivity index (χ2v) is 3.28. The molecule has 1 aromatic carbocycles. The van der Waals surface area contributed by atoms with Crippen molar-refractivity contribution in [1.29, 1.82) is 0 Å². The van der Waals surface area contributed by atoms with Crippen molar-refractivity contribution >= 4 is 11.6 Å². The summed E-state index contributed by atoms with van der Waals surface area (Å²) in [5.74, 6) is -1.56. The third-order valence-corrected chi connectivity index (χ3v) is 1.98. The summed E-state index contributed by atoms with van der Waals surface area (Å²) in [6.07, 6.45) is 0.226. The Morgan fingerprint density at radius 2 is 2.12 bits per heavy atom. The van der Waals surface area contributed by atoms with E-state index in [1.165, 1.54) is 0 Å². The van der Waals surface area contributed by atoms with Gasteiger partial charge in [-0.25, -0.2) is 8.78 Å². The zero-order valence-corrected chi connectivity index (χ0v) is 9.02. The average molecular weight is 228 g/mol. The van der Waals surface area contributed by atoms with Crippen LogP contribution in [-0.4, -0.2) is 19.0 Å². The molecule has 3 nitrogen and oxygen atoms in total. The van der Waals surface area contributed by atoms with Crippen LogP contribution in [0.2, 0.25) is 0 Å². The number of carbonyl (C=O) groups is 1. The van der Waals surface area contributed by atoms with Crippen LogP contribution in [0.5, 0.6) is 0 Å². The van der Waals surface area contributed by atoms with Crippen molar-refractivity contribution < 1.29 is 13.6 Å². The van der Waals surface area contributed by atoms with Crippen LogP contribution < -0.4 is 10.6 Å². The minimum absolute atomic E-state index is 0.124. The van der Waals surface area contributed by atoms with Crippen molar-refractivity contribution in [2.75, 3.05) is 18.4 Å². The molecule has 0 bridgehead atoms. The first-order chi connectivity index (χ1) is 7.63. The number of anilines is 1. The lowest BCUT2D eigenvalue weighted by Gasteiger charge is -2.06. The fourth-order valence-corrected chi connectivity index (χ4v) is 1.18. The normalized spacial score (nSPS) is 10.2. The Morgan fingerprint density at radius 3 is 2.81 bits per heavy atom. The second kappa shape index (κ2) is 6.17. The van der Waals surface area contributed by atoms with Crippen LogP contribution in [0.1, 0.15) is 13.3 Å². The van der Waals surface area contributed by atoms with Crippen LogP contribution in [0.25, 0.3) is 0 Å². The Morgan fingerprint density at radius 1 is 1.38 bits per heavy atom. The first-order valence-corrected chi connectivity index (χ1v) is 5.09. The van der Waals surface area contributed by atoms with Crippen molar-refractivity contribution in [3.05, 3.63) is 29.8 Å². The molecule has 5 heteroatoms. The summed E-state index contributed by atoms with van der Waals surface area (Å²) in [4.78, 5) is 11.3. The number of nitrogens with one attached hydrogen (secondary N) is 2. The molecule has 1 aromatic rings. The maximum atomic E-state index is 13.1. The molecule has 0 aliphatic rings. The molecule has 16 heavy (non-hydrogen) atoms. The Balaban J connectivity index is 2.52. The Hall–Kier alpha value is -1.49. The van der Waals surface area contributed by atoms with E-state index in [0.29, 0.717) is 6.54 Å². The monoisotopic (exact) mass is 228 g/mol. The van der Waals surface area contributed by atoms with Crippen LogP contribution in [-0.2, 0) is 4.79 Å². The van der Waals surface area contributed by atoms with Crippen LogP contribution in [0.3, 0.4) is 0 Å². The summed E-state index contributed by atoms with van der Waals surface area (Å²) in [6, 6.07) is 2.94. The van der Waals surface area contributed by atoms with Gasteiger partial charge in [0.05, 0.1) is 5.69 Å². The fourth-order valence-electron chi connectivity index (χ4n) is 1.18. The van der Waals surface area contributed by atoms with Crippen LogP contribution in [0.4, 0.5) is 14.5 Å².